The van der Waals surface area contributed by atoms with Crippen molar-refractivity contribution in [1.82, 2.24) is 15.1 Å². The van der Waals surface area contributed by atoms with Crippen molar-refractivity contribution in [1.29, 1.82) is 0 Å². The number of carbonyl (C=O) groups is 1. The Hall–Kier alpha value is -3.48. The van der Waals surface area contributed by atoms with Crippen LogP contribution in [0.15, 0.2) is 54.6 Å². The van der Waals surface area contributed by atoms with Crippen LogP contribution in [0.3, 0.4) is 0 Å². The van der Waals surface area contributed by atoms with Crippen LogP contribution in [-0.4, -0.2) is 61.4 Å². The van der Waals surface area contributed by atoms with Gasteiger partial charge in [-0.2, -0.15) is 5.10 Å². The summed E-state index contributed by atoms with van der Waals surface area (Å²) in [7, 11) is 3.15. The molecule has 0 radical (unpaired) electrons. The summed E-state index contributed by atoms with van der Waals surface area (Å²) in [6.45, 7) is 2.75. The van der Waals surface area contributed by atoms with E-state index in [9.17, 15) is 4.79 Å². The first-order valence-corrected chi connectivity index (χ1v) is 9.56. The number of H-pyrrole nitrogens is 1. The molecule has 7 nitrogen and oxygen atoms in total. The second-order valence-corrected chi connectivity index (χ2v) is 6.85. The molecule has 1 saturated heterocycles. The van der Waals surface area contributed by atoms with Crippen LogP contribution in [0.2, 0.25) is 0 Å². The topological polar surface area (TPSA) is 70.7 Å². The second kappa shape index (κ2) is 8.26. The van der Waals surface area contributed by atoms with Crippen molar-refractivity contribution in [3.05, 3.63) is 60.2 Å². The Kier molecular flexibility index (Phi) is 5.37. The molecule has 0 aliphatic carbocycles. The number of carbonyl (C=O) groups excluding carboxylic acids is 1. The molecule has 0 spiro atoms. The highest BCUT2D eigenvalue weighted by molar-refractivity contribution is 5.95. The average Bonchev–Trinajstić information content (AvgIpc) is 3.29. The van der Waals surface area contributed by atoms with E-state index in [4.69, 9.17) is 9.47 Å². The van der Waals surface area contributed by atoms with Crippen LogP contribution in [0, 0.1) is 0 Å². The van der Waals surface area contributed by atoms with Gasteiger partial charge in [0.1, 0.15) is 0 Å². The number of piperazine rings is 1. The van der Waals surface area contributed by atoms with Crippen molar-refractivity contribution in [3.8, 4) is 22.8 Å². The zero-order chi connectivity index (χ0) is 20.2. The fraction of sp³-hybridized carbons (Fsp3) is 0.273. The third kappa shape index (κ3) is 3.89. The van der Waals surface area contributed by atoms with Crippen molar-refractivity contribution in [2.45, 2.75) is 0 Å². The van der Waals surface area contributed by atoms with E-state index in [0.717, 1.165) is 30.2 Å². The molecule has 0 unspecified atom stereocenters. The predicted molar refractivity (Wildman–Crippen MR) is 112 cm³/mol. The number of ether oxygens (including phenoxy) is 2. The molecule has 0 atom stereocenters. The minimum atomic E-state index is -0.00222. The molecule has 29 heavy (non-hydrogen) atoms. The summed E-state index contributed by atoms with van der Waals surface area (Å²) in [5.74, 6) is 2.07. The maximum absolute atomic E-state index is 12.9. The highest BCUT2D eigenvalue weighted by atomic mass is 16.5. The molecular formula is C22H24N4O3. The quantitative estimate of drug-likeness (QED) is 0.723. The predicted octanol–water partition coefficient (Wildman–Crippen LogP) is 3.06. The lowest BCUT2D eigenvalue weighted by molar-refractivity contribution is 0.0746. The van der Waals surface area contributed by atoms with E-state index in [0.29, 0.717) is 30.2 Å². The number of aromatic amines is 1. The van der Waals surface area contributed by atoms with Crippen LogP contribution in [0.5, 0.6) is 11.5 Å². The van der Waals surface area contributed by atoms with Gasteiger partial charge in [-0.1, -0.05) is 30.3 Å². The van der Waals surface area contributed by atoms with E-state index < -0.39 is 0 Å². The number of hydrogen-bond donors (Lipinski definition) is 1. The van der Waals surface area contributed by atoms with Crippen molar-refractivity contribution in [3.63, 3.8) is 0 Å². The summed E-state index contributed by atoms with van der Waals surface area (Å²) in [6, 6.07) is 17.4. The summed E-state index contributed by atoms with van der Waals surface area (Å²) in [5, 5.41) is 7.56. The van der Waals surface area contributed by atoms with Crippen molar-refractivity contribution in [2.24, 2.45) is 0 Å². The standard InChI is InChI=1S/C22H24N4O3/c1-28-19-9-8-17(14-20(19)29-2)22(27)26-12-10-25(11-13-26)21-15-18(23-24-21)16-6-4-3-5-7-16/h3-9,14-15H,10-13H2,1-2H3,(H,23,24). The van der Waals surface area contributed by atoms with E-state index in [1.54, 1.807) is 32.4 Å². The van der Waals surface area contributed by atoms with Gasteiger partial charge in [-0.05, 0) is 23.8 Å². The third-order valence-electron chi connectivity index (χ3n) is 5.17. The van der Waals surface area contributed by atoms with Gasteiger partial charge in [0.05, 0.1) is 19.9 Å². The molecule has 1 aromatic heterocycles. The molecule has 1 fully saturated rings. The molecule has 2 heterocycles. The molecule has 1 aliphatic heterocycles. The fourth-order valence-electron chi connectivity index (χ4n) is 3.53. The SMILES string of the molecule is COc1ccc(C(=O)N2CCN(c3cc(-c4ccccc4)[nH]n3)CC2)cc1OC. The Balaban J connectivity index is 1.41. The van der Waals surface area contributed by atoms with E-state index >= 15 is 0 Å². The number of benzene rings is 2. The van der Waals surface area contributed by atoms with Crippen LogP contribution in [0.1, 0.15) is 10.4 Å². The molecular weight excluding hydrogens is 368 g/mol. The molecule has 2 aromatic carbocycles. The Labute approximate surface area is 169 Å². The summed E-state index contributed by atoms with van der Waals surface area (Å²) >= 11 is 0. The van der Waals surface area contributed by atoms with E-state index in [2.05, 4.69) is 33.3 Å². The lowest BCUT2D eigenvalue weighted by Gasteiger charge is -2.34. The van der Waals surface area contributed by atoms with Gasteiger partial charge in [0.15, 0.2) is 17.3 Å². The number of hydrogen-bond acceptors (Lipinski definition) is 5. The number of anilines is 1. The van der Waals surface area contributed by atoms with E-state index in [-0.39, 0.29) is 5.91 Å². The highest BCUT2D eigenvalue weighted by Crippen LogP contribution is 2.28. The van der Waals surface area contributed by atoms with Crippen LogP contribution >= 0.6 is 0 Å². The van der Waals surface area contributed by atoms with Gasteiger partial charge in [0.25, 0.3) is 5.91 Å². The molecule has 1 aliphatic rings. The number of amides is 1. The van der Waals surface area contributed by atoms with E-state index in [1.807, 2.05) is 23.1 Å². The molecule has 150 valence electrons. The van der Waals surface area contributed by atoms with Crippen molar-refractivity contribution >= 4 is 11.7 Å². The molecule has 1 amide bonds. The fourth-order valence-corrected chi connectivity index (χ4v) is 3.53. The number of aromatic nitrogens is 2. The maximum atomic E-state index is 12.9. The van der Waals surface area contributed by atoms with Crippen LogP contribution < -0.4 is 14.4 Å². The van der Waals surface area contributed by atoms with Gasteiger partial charge in [-0.3, -0.25) is 9.89 Å². The Morgan fingerprint density at radius 3 is 2.34 bits per heavy atom. The first kappa shape index (κ1) is 18.9. The number of nitrogens with zero attached hydrogens (tertiary/aromatic N) is 3. The molecule has 3 aromatic rings. The van der Waals surface area contributed by atoms with Gasteiger partial charge >= 0.3 is 0 Å². The van der Waals surface area contributed by atoms with Gasteiger partial charge in [-0.25, -0.2) is 0 Å². The smallest absolute Gasteiger partial charge is 0.254 e. The lowest BCUT2D eigenvalue weighted by Crippen LogP contribution is -2.48. The zero-order valence-corrected chi connectivity index (χ0v) is 16.6. The van der Waals surface area contributed by atoms with E-state index in [1.165, 1.54) is 0 Å². The lowest BCUT2D eigenvalue weighted by atomic mass is 10.1. The highest BCUT2D eigenvalue weighted by Gasteiger charge is 2.24. The normalized spacial score (nSPS) is 14.0. The minimum absolute atomic E-state index is 0.00222. The molecule has 1 N–H and O–H groups in total. The first-order chi connectivity index (χ1) is 14.2. The Morgan fingerprint density at radius 1 is 0.931 bits per heavy atom. The van der Waals surface area contributed by atoms with Gasteiger partial charge in [0, 0.05) is 37.8 Å². The third-order valence-corrected chi connectivity index (χ3v) is 5.17. The summed E-state index contributed by atoms with van der Waals surface area (Å²) in [5.41, 5.74) is 2.69. The molecule has 0 bridgehead atoms. The van der Waals surface area contributed by atoms with Crippen LogP contribution in [-0.2, 0) is 0 Å². The van der Waals surface area contributed by atoms with Gasteiger partial charge in [0.2, 0.25) is 0 Å². The average molecular weight is 392 g/mol. The minimum Gasteiger partial charge on any atom is -0.493 e. The Morgan fingerprint density at radius 2 is 1.66 bits per heavy atom. The largest absolute Gasteiger partial charge is 0.493 e. The first-order valence-electron chi connectivity index (χ1n) is 9.56. The van der Waals surface area contributed by atoms with Crippen molar-refractivity contribution < 1.29 is 14.3 Å². The van der Waals surface area contributed by atoms with Gasteiger partial charge < -0.3 is 19.3 Å². The number of nitrogens with one attached hydrogen (secondary N) is 1. The molecule has 0 saturated carbocycles. The number of rotatable bonds is 5. The molecule has 4 rings (SSSR count). The second-order valence-electron chi connectivity index (χ2n) is 6.85. The maximum Gasteiger partial charge on any atom is 0.254 e. The van der Waals surface area contributed by atoms with Gasteiger partial charge in [-0.15, -0.1) is 0 Å². The molecule has 7 heteroatoms. The zero-order valence-electron chi connectivity index (χ0n) is 16.6. The van der Waals surface area contributed by atoms with Crippen molar-refractivity contribution in [2.75, 3.05) is 45.3 Å². The van der Waals surface area contributed by atoms with Crippen LogP contribution in [0.25, 0.3) is 11.3 Å². The monoisotopic (exact) mass is 392 g/mol. The van der Waals surface area contributed by atoms with Crippen LogP contribution in [0.4, 0.5) is 5.82 Å². The summed E-state index contributed by atoms with van der Waals surface area (Å²) < 4.78 is 10.6. The summed E-state index contributed by atoms with van der Waals surface area (Å²) in [6.07, 6.45) is 0. The Bertz CT molecular complexity index is 979. The summed E-state index contributed by atoms with van der Waals surface area (Å²) in [4.78, 5) is 16.9. The number of methoxy groups -OCH3 is 2.